The maximum atomic E-state index is 10.0. The molecule has 3 fully saturated rings. The standard InChI is InChI=1S/C15H27NO/c1-14(2)10-7-8-15(3,9-10)13(14)16-11-5-4-6-12(11)17/h10-13,16-17H,4-9H2,1-3H3/t10?,11-,12-,13?,15?/m0/s1. The zero-order chi connectivity index (χ0) is 12.3. The van der Waals surface area contributed by atoms with Crippen molar-refractivity contribution in [2.45, 2.75) is 77.5 Å². The van der Waals surface area contributed by atoms with Crippen molar-refractivity contribution < 1.29 is 5.11 Å². The summed E-state index contributed by atoms with van der Waals surface area (Å²) < 4.78 is 0. The summed E-state index contributed by atoms with van der Waals surface area (Å²) in [6.45, 7) is 7.32. The molecule has 98 valence electrons. The van der Waals surface area contributed by atoms with Crippen molar-refractivity contribution in [1.82, 2.24) is 5.32 Å². The molecule has 0 aromatic carbocycles. The molecule has 2 nitrogen and oxygen atoms in total. The Morgan fingerprint density at radius 3 is 2.41 bits per heavy atom. The molecule has 3 saturated carbocycles. The van der Waals surface area contributed by atoms with Crippen molar-refractivity contribution in [2.75, 3.05) is 0 Å². The van der Waals surface area contributed by atoms with E-state index in [9.17, 15) is 5.11 Å². The molecule has 17 heavy (non-hydrogen) atoms. The Hall–Kier alpha value is -0.0800. The molecule has 0 aliphatic heterocycles. The Bertz CT molecular complexity index is 309. The van der Waals surface area contributed by atoms with Gasteiger partial charge in [0, 0.05) is 12.1 Å². The average molecular weight is 237 g/mol. The minimum absolute atomic E-state index is 0.103. The zero-order valence-electron chi connectivity index (χ0n) is 11.5. The van der Waals surface area contributed by atoms with Crippen LogP contribution in [-0.2, 0) is 0 Å². The number of hydrogen-bond donors (Lipinski definition) is 2. The highest BCUT2D eigenvalue weighted by atomic mass is 16.3. The maximum Gasteiger partial charge on any atom is 0.0693 e. The lowest BCUT2D eigenvalue weighted by molar-refractivity contribution is 0.0699. The fourth-order valence-electron chi connectivity index (χ4n) is 5.07. The smallest absolute Gasteiger partial charge is 0.0693 e. The van der Waals surface area contributed by atoms with Crippen molar-refractivity contribution in [3.8, 4) is 0 Å². The van der Waals surface area contributed by atoms with Crippen molar-refractivity contribution in [3.63, 3.8) is 0 Å². The lowest BCUT2D eigenvalue weighted by Gasteiger charge is -2.45. The molecular formula is C15H27NO. The van der Waals surface area contributed by atoms with Gasteiger partial charge in [0.05, 0.1) is 6.10 Å². The third-order valence-electron chi connectivity index (χ3n) is 6.13. The van der Waals surface area contributed by atoms with E-state index in [1.807, 2.05) is 0 Å². The van der Waals surface area contributed by atoms with Crippen molar-refractivity contribution >= 4 is 0 Å². The number of nitrogens with one attached hydrogen (secondary N) is 1. The zero-order valence-corrected chi connectivity index (χ0v) is 11.5. The van der Waals surface area contributed by atoms with Crippen LogP contribution in [0.3, 0.4) is 0 Å². The Balaban J connectivity index is 1.77. The predicted octanol–water partition coefficient (Wildman–Crippen LogP) is 2.70. The topological polar surface area (TPSA) is 32.3 Å². The van der Waals surface area contributed by atoms with Gasteiger partial charge in [0.15, 0.2) is 0 Å². The Morgan fingerprint density at radius 2 is 1.88 bits per heavy atom. The van der Waals surface area contributed by atoms with Gasteiger partial charge >= 0.3 is 0 Å². The molecule has 3 rings (SSSR count). The van der Waals surface area contributed by atoms with Crippen LogP contribution in [0.2, 0.25) is 0 Å². The lowest BCUT2D eigenvalue weighted by atomic mass is 9.68. The molecule has 0 aromatic rings. The van der Waals surface area contributed by atoms with E-state index in [4.69, 9.17) is 0 Å². The first-order valence-corrected chi connectivity index (χ1v) is 7.38. The highest BCUT2D eigenvalue weighted by Gasteiger charge is 2.59. The number of aliphatic hydroxyl groups excluding tert-OH is 1. The van der Waals surface area contributed by atoms with Crippen LogP contribution >= 0.6 is 0 Å². The predicted molar refractivity (Wildman–Crippen MR) is 69.8 cm³/mol. The van der Waals surface area contributed by atoms with E-state index in [-0.39, 0.29) is 6.10 Å². The molecule has 3 unspecified atom stereocenters. The summed E-state index contributed by atoms with van der Waals surface area (Å²) >= 11 is 0. The fourth-order valence-corrected chi connectivity index (χ4v) is 5.07. The van der Waals surface area contributed by atoms with Crippen LogP contribution in [0.5, 0.6) is 0 Å². The van der Waals surface area contributed by atoms with Gasteiger partial charge in [-0.05, 0) is 55.3 Å². The number of hydrogen-bond acceptors (Lipinski definition) is 2. The molecule has 0 spiro atoms. The summed E-state index contributed by atoms with van der Waals surface area (Å²) in [5.74, 6) is 0.892. The van der Waals surface area contributed by atoms with Gasteiger partial charge in [-0.2, -0.15) is 0 Å². The molecule has 0 aromatic heterocycles. The lowest BCUT2D eigenvalue weighted by Crippen LogP contribution is -2.55. The molecule has 0 heterocycles. The monoisotopic (exact) mass is 237 g/mol. The van der Waals surface area contributed by atoms with Crippen molar-refractivity contribution in [3.05, 3.63) is 0 Å². The highest BCUT2D eigenvalue weighted by molar-refractivity contribution is 5.13. The summed E-state index contributed by atoms with van der Waals surface area (Å²) in [7, 11) is 0. The van der Waals surface area contributed by atoms with Crippen molar-refractivity contribution in [2.24, 2.45) is 16.7 Å². The van der Waals surface area contributed by atoms with Crippen LogP contribution in [0.25, 0.3) is 0 Å². The highest BCUT2D eigenvalue weighted by Crippen LogP contribution is 2.62. The molecule has 3 aliphatic carbocycles. The summed E-state index contributed by atoms with van der Waals surface area (Å²) in [6, 6.07) is 0.960. The minimum atomic E-state index is -0.103. The second-order valence-corrected chi connectivity index (χ2v) is 7.62. The van der Waals surface area contributed by atoms with Crippen LogP contribution in [0.1, 0.15) is 59.3 Å². The maximum absolute atomic E-state index is 10.0. The van der Waals surface area contributed by atoms with Gasteiger partial charge < -0.3 is 10.4 Å². The molecule has 2 N–H and O–H groups in total. The quantitative estimate of drug-likeness (QED) is 0.774. The number of rotatable bonds is 2. The first kappa shape index (κ1) is 12.0. The normalized spacial score (nSPS) is 52.2. The Labute approximate surface area is 105 Å². The summed E-state index contributed by atoms with van der Waals surface area (Å²) in [4.78, 5) is 0. The third kappa shape index (κ3) is 1.67. The number of aliphatic hydroxyl groups is 1. The number of fused-ring (bicyclic) bond motifs is 2. The second kappa shape index (κ2) is 3.71. The minimum Gasteiger partial charge on any atom is -0.392 e. The van der Waals surface area contributed by atoms with Crippen molar-refractivity contribution in [1.29, 1.82) is 0 Å². The van der Waals surface area contributed by atoms with E-state index >= 15 is 0 Å². The fraction of sp³-hybridized carbons (Fsp3) is 1.00. The molecule has 0 saturated heterocycles. The summed E-state index contributed by atoms with van der Waals surface area (Å²) in [5.41, 5.74) is 0.895. The van der Waals surface area contributed by atoms with Crippen LogP contribution in [-0.4, -0.2) is 23.3 Å². The summed E-state index contributed by atoms with van der Waals surface area (Å²) in [5, 5.41) is 13.9. The first-order chi connectivity index (χ1) is 7.93. The Morgan fingerprint density at radius 1 is 1.12 bits per heavy atom. The molecule has 3 aliphatic rings. The van der Waals surface area contributed by atoms with Crippen LogP contribution < -0.4 is 5.32 Å². The first-order valence-electron chi connectivity index (χ1n) is 7.38. The van der Waals surface area contributed by atoms with E-state index in [0.29, 0.717) is 22.9 Å². The molecule has 5 atom stereocenters. The second-order valence-electron chi connectivity index (χ2n) is 7.62. The third-order valence-corrected chi connectivity index (χ3v) is 6.13. The van der Waals surface area contributed by atoms with Crippen LogP contribution in [0, 0.1) is 16.7 Å². The largest absolute Gasteiger partial charge is 0.392 e. The summed E-state index contributed by atoms with van der Waals surface area (Å²) in [6.07, 6.45) is 7.41. The van der Waals surface area contributed by atoms with E-state index in [1.165, 1.54) is 25.7 Å². The van der Waals surface area contributed by atoms with E-state index in [2.05, 4.69) is 26.1 Å². The van der Waals surface area contributed by atoms with E-state index in [0.717, 1.165) is 18.8 Å². The SMILES string of the molecule is CC12CCC(C1)C(C)(C)C2N[C@H]1CCC[C@@H]1O. The molecule has 2 bridgehead atoms. The van der Waals surface area contributed by atoms with Crippen LogP contribution in [0.15, 0.2) is 0 Å². The van der Waals surface area contributed by atoms with Gasteiger partial charge in [0.2, 0.25) is 0 Å². The molecule has 0 radical (unpaired) electrons. The van der Waals surface area contributed by atoms with Gasteiger partial charge in [-0.3, -0.25) is 0 Å². The van der Waals surface area contributed by atoms with Gasteiger partial charge in [-0.25, -0.2) is 0 Å². The molecular weight excluding hydrogens is 210 g/mol. The molecule has 2 heteroatoms. The van der Waals surface area contributed by atoms with Gasteiger partial charge in [-0.1, -0.05) is 20.8 Å². The van der Waals surface area contributed by atoms with Gasteiger partial charge in [-0.15, -0.1) is 0 Å². The van der Waals surface area contributed by atoms with E-state index in [1.54, 1.807) is 0 Å². The Kier molecular flexibility index (Phi) is 2.61. The van der Waals surface area contributed by atoms with Gasteiger partial charge in [0.1, 0.15) is 0 Å². The molecule has 0 amide bonds. The van der Waals surface area contributed by atoms with Gasteiger partial charge in [0.25, 0.3) is 0 Å². The van der Waals surface area contributed by atoms with Crippen LogP contribution in [0.4, 0.5) is 0 Å². The average Bonchev–Trinajstić information content (AvgIpc) is 2.85. The van der Waals surface area contributed by atoms with E-state index < -0.39 is 0 Å².